The molecular weight excluding hydrogens is 474 g/mol. The smallest absolute Gasteiger partial charge is 0.408 e. The highest BCUT2D eigenvalue weighted by atomic mass is 16.6. The molecule has 1 aromatic heterocycles. The zero-order valence-electron chi connectivity index (χ0n) is 22.6. The molecule has 0 aromatic carbocycles. The second-order valence-corrected chi connectivity index (χ2v) is 10.9. The fourth-order valence-corrected chi connectivity index (χ4v) is 4.71. The Kier molecular flexibility index (Phi) is 10.5. The molecule has 0 spiro atoms. The van der Waals surface area contributed by atoms with Gasteiger partial charge in [0.2, 0.25) is 5.91 Å². The van der Waals surface area contributed by atoms with Gasteiger partial charge in [-0.2, -0.15) is 0 Å². The Balaban J connectivity index is 1.51. The molecule has 0 saturated carbocycles. The highest BCUT2D eigenvalue weighted by Crippen LogP contribution is 2.20. The average Bonchev–Trinajstić information content (AvgIpc) is 3.25. The van der Waals surface area contributed by atoms with Crippen LogP contribution in [0.5, 0.6) is 0 Å². The highest BCUT2D eigenvalue weighted by molar-refractivity contribution is 5.80. The number of nitrogens with zero attached hydrogens (tertiary/aromatic N) is 3. The van der Waals surface area contributed by atoms with Gasteiger partial charge in [-0.25, -0.2) is 14.6 Å². The quantitative estimate of drug-likeness (QED) is 0.341. The first-order chi connectivity index (χ1) is 17.6. The number of carboxylic acid groups (broad SMARTS) is 1. The van der Waals surface area contributed by atoms with Crippen molar-refractivity contribution in [3.05, 3.63) is 23.4 Å². The summed E-state index contributed by atoms with van der Waals surface area (Å²) >= 11 is 0. The number of rotatable bonds is 13. The average molecular weight is 518 g/mol. The number of unbranched alkanes of at least 4 members (excludes halogenated alkanes) is 1. The second-order valence-electron chi connectivity index (χ2n) is 10.9. The van der Waals surface area contributed by atoms with E-state index in [2.05, 4.69) is 27.7 Å². The Morgan fingerprint density at radius 2 is 2.00 bits per heavy atom. The minimum absolute atomic E-state index is 0.182. The Labute approximate surface area is 220 Å². The van der Waals surface area contributed by atoms with E-state index in [0.717, 1.165) is 69.7 Å². The van der Waals surface area contributed by atoms with Crippen LogP contribution in [0, 0.1) is 0 Å². The number of carbonyl (C=O) groups excluding carboxylic acids is 2. The van der Waals surface area contributed by atoms with Crippen LogP contribution in [0.4, 0.5) is 10.6 Å². The van der Waals surface area contributed by atoms with Gasteiger partial charge in [0.15, 0.2) is 0 Å². The number of aromatic nitrogens is 1. The Hall–Kier alpha value is -2.88. The van der Waals surface area contributed by atoms with Crippen molar-refractivity contribution in [1.82, 2.24) is 20.1 Å². The lowest BCUT2D eigenvalue weighted by Gasteiger charge is -2.27. The van der Waals surface area contributed by atoms with E-state index in [4.69, 9.17) is 9.72 Å². The number of anilines is 1. The summed E-state index contributed by atoms with van der Waals surface area (Å²) in [6.45, 7) is 9.54. The molecule has 1 saturated heterocycles. The van der Waals surface area contributed by atoms with Crippen molar-refractivity contribution in [2.45, 2.75) is 83.8 Å². The van der Waals surface area contributed by atoms with Crippen LogP contribution >= 0.6 is 0 Å². The second kappa shape index (κ2) is 13.6. The SMILES string of the molecule is CC(C)(C)OC(=O)N[C@@H](CCN(CCCCc1ccc2c(n1)NCCC2)CCN1CCCC1=O)C(=O)O. The Morgan fingerprint density at radius 3 is 2.70 bits per heavy atom. The molecule has 3 heterocycles. The van der Waals surface area contributed by atoms with Gasteiger partial charge >= 0.3 is 12.1 Å². The standard InChI is InChI=1S/C27H43N5O5/c1-27(2,3)37-26(36)30-22(25(34)35)13-17-31(18-19-32-16-7-10-23(32)33)15-5-4-9-21-12-11-20-8-6-14-28-24(20)29-21/h11-12,22H,4-10,13-19H2,1-3H3,(H,28,29)(H,30,36)(H,34,35)/t22-/m0/s1. The monoisotopic (exact) mass is 517 g/mol. The molecule has 0 aliphatic carbocycles. The molecule has 37 heavy (non-hydrogen) atoms. The Bertz CT molecular complexity index is 932. The summed E-state index contributed by atoms with van der Waals surface area (Å²) in [6.07, 6.45) is 5.99. The molecule has 1 aromatic rings. The van der Waals surface area contributed by atoms with E-state index in [0.29, 0.717) is 26.1 Å². The van der Waals surface area contributed by atoms with Crippen molar-refractivity contribution in [1.29, 1.82) is 0 Å². The van der Waals surface area contributed by atoms with Crippen LogP contribution in [-0.4, -0.2) is 88.8 Å². The molecule has 2 aliphatic rings. The zero-order valence-corrected chi connectivity index (χ0v) is 22.6. The normalized spacial score (nSPS) is 16.3. The first-order valence-corrected chi connectivity index (χ1v) is 13.6. The maximum atomic E-state index is 12.1. The predicted octanol–water partition coefficient (Wildman–Crippen LogP) is 3.05. The summed E-state index contributed by atoms with van der Waals surface area (Å²) in [7, 11) is 0. The topological polar surface area (TPSA) is 124 Å². The van der Waals surface area contributed by atoms with Crippen molar-refractivity contribution >= 4 is 23.8 Å². The van der Waals surface area contributed by atoms with E-state index >= 15 is 0 Å². The molecule has 3 rings (SSSR count). The van der Waals surface area contributed by atoms with Gasteiger partial charge in [0.1, 0.15) is 17.5 Å². The number of nitrogens with one attached hydrogen (secondary N) is 2. The van der Waals surface area contributed by atoms with E-state index in [1.165, 1.54) is 5.56 Å². The molecule has 2 amide bonds. The van der Waals surface area contributed by atoms with Crippen LogP contribution in [0.2, 0.25) is 0 Å². The number of aliphatic carboxylic acids is 1. The molecule has 10 nitrogen and oxygen atoms in total. The molecular formula is C27H43N5O5. The summed E-state index contributed by atoms with van der Waals surface area (Å²) in [5.74, 6) is 0.104. The van der Waals surface area contributed by atoms with Crippen molar-refractivity contribution in [3.8, 4) is 0 Å². The lowest BCUT2D eigenvalue weighted by Crippen LogP contribution is -2.46. The van der Waals surface area contributed by atoms with E-state index < -0.39 is 23.7 Å². The van der Waals surface area contributed by atoms with Gasteiger partial charge in [0.25, 0.3) is 0 Å². The number of aryl methyl sites for hydroxylation is 2. The number of hydrogen-bond acceptors (Lipinski definition) is 7. The van der Waals surface area contributed by atoms with E-state index in [9.17, 15) is 19.5 Å². The molecule has 3 N–H and O–H groups in total. The summed E-state index contributed by atoms with van der Waals surface area (Å²) in [6, 6.07) is 3.24. The first-order valence-electron chi connectivity index (χ1n) is 13.6. The molecule has 1 fully saturated rings. The van der Waals surface area contributed by atoms with E-state index in [1.54, 1.807) is 20.8 Å². The molecule has 10 heteroatoms. The maximum absolute atomic E-state index is 12.1. The Morgan fingerprint density at radius 1 is 1.19 bits per heavy atom. The van der Waals surface area contributed by atoms with Crippen molar-refractivity contribution < 1.29 is 24.2 Å². The molecule has 0 bridgehead atoms. The summed E-state index contributed by atoms with van der Waals surface area (Å²) in [5, 5.41) is 15.5. The van der Waals surface area contributed by atoms with Crippen molar-refractivity contribution in [3.63, 3.8) is 0 Å². The van der Waals surface area contributed by atoms with Gasteiger partial charge in [-0.15, -0.1) is 0 Å². The van der Waals surface area contributed by atoms with Crippen molar-refractivity contribution in [2.75, 3.05) is 44.6 Å². The van der Waals surface area contributed by atoms with Crippen LogP contribution in [0.25, 0.3) is 0 Å². The minimum Gasteiger partial charge on any atom is -0.480 e. The third-order valence-corrected chi connectivity index (χ3v) is 6.69. The largest absolute Gasteiger partial charge is 0.480 e. The number of alkyl carbamates (subject to hydrolysis) is 1. The first kappa shape index (κ1) is 28.7. The van der Waals surface area contributed by atoms with E-state index in [-0.39, 0.29) is 12.3 Å². The van der Waals surface area contributed by atoms with Gasteiger partial charge in [-0.3, -0.25) is 4.79 Å². The van der Waals surface area contributed by atoms with Crippen LogP contribution in [0.1, 0.15) is 70.6 Å². The summed E-state index contributed by atoms with van der Waals surface area (Å²) in [5.41, 5.74) is 1.66. The van der Waals surface area contributed by atoms with Crippen LogP contribution < -0.4 is 10.6 Å². The van der Waals surface area contributed by atoms with Gasteiger partial charge in [-0.1, -0.05) is 6.07 Å². The van der Waals surface area contributed by atoms with Gasteiger partial charge in [0, 0.05) is 44.8 Å². The molecule has 1 atom stereocenters. The number of ether oxygens (including phenoxy) is 1. The molecule has 206 valence electrons. The third kappa shape index (κ3) is 9.83. The third-order valence-electron chi connectivity index (χ3n) is 6.69. The number of hydrogen-bond donors (Lipinski definition) is 3. The number of carbonyl (C=O) groups is 3. The highest BCUT2D eigenvalue weighted by Gasteiger charge is 2.25. The fraction of sp³-hybridized carbons (Fsp3) is 0.704. The van der Waals surface area contributed by atoms with Gasteiger partial charge in [-0.05, 0) is 83.9 Å². The number of likely N-dealkylation sites (tertiary alicyclic amines) is 1. The number of carboxylic acids is 1. The minimum atomic E-state index is -1.09. The maximum Gasteiger partial charge on any atom is 0.408 e. The fourth-order valence-electron chi connectivity index (χ4n) is 4.71. The van der Waals surface area contributed by atoms with Gasteiger partial charge < -0.3 is 30.3 Å². The van der Waals surface area contributed by atoms with Crippen LogP contribution in [-0.2, 0) is 27.2 Å². The number of fused-ring (bicyclic) bond motifs is 1. The predicted molar refractivity (Wildman–Crippen MR) is 142 cm³/mol. The summed E-state index contributed by atoms with van der Waals surface area (Å²) in [4.78, 5) is 44.8. The number of amides is 2. The molecule has 0 radical (unpaired) electrons. The lowest BCUT2D eigenvalue weighted by molar-refractivity contribution is -0.139. The number of pyridine rings is 1. The van der Waals surface area contributed by atoms with E-state index in [1.807, 2.05) is 4.90 Å². The lowest BCUT2D eigenvalue weighted by atomic mass is 10.1. The van der Waals surface area contributed by atoms with Gasteiger partial charge in [0.05, 0.1) is 0 Å². The molecule has 2 aliphatic heterocycles. The summed E-state index contributed by atoms with van der Waals surface area (Å²) < 4.78 is 5.23. The van der Waals surface area contributed by atoms with Crippen LogP contribution in [0.15, 0.2) is 12.1 Å². The van der Waals surface area contributed by atoms with Crippen molar-refractivity contribution in [2.24, 2.45) is 0 Å². The molecule has 0 unspecified atom stereocenters. The zero-order chi connectivity index (χ0) is 26.8. The van der Waals surface area contributed by atoms with Crippen LogP contribution in [0.3, 0.4) is 0 Å².